The highest BCUT2D eigenvalue weighted by Gasteiger charge is 2.21. The molecule has 0 unspecified atom stereocenters. The fraction of sp³-hybridized carbons (Fsp3) is 0.667. The third-order valence-electron chi connectivity index (χ3n) is 2.39. The highest BCUT2D eigenvalue weighted by molar-refractivity contribution is 7.91. The van der Waals surface area contributed by atoms with E-state index in [1.807, 2.05) is 34.7 Å². The van der Waals surface area contributed by atoms with E-state index in [-0.39, 0.29) is 5.41 Å². The van der Waals surface area contributed by atoms with Crippen LogP contribution in [0.5, 0.6) is 0 Å². The molecule has 0 aromatic carbocycles. The van der Waals surface area contributed by atoms with Gasteiger partial charge >= 0.3 is 0 Å². The first-order chi connectivity index (χ1) is 8.15. The summed E-state index contributed by atoms with van der Waals surface area (Å²) in [5.41, 5.74) is 0.957. The Labute approximate surface area is 114 Å². The minimum Gasteiger partial charge on any atom is -0.315 e. The molecule has 1 aromatic rings. The molecule has 1 heterocycles. The van der Waals surface area contributed by atoms with Crippen molar-refractivity contribution in [2.24, 2.45) is 5.41 Å². The average Bonchev–Trinajstić information content (AvgIpc) is 2.58. The largest absolute Gasteiger partial charge is 0.315 e. The second kappa shape index (κ2) is 5.69. The van der Waals surface area contributed by atoms with Gasteiger partial charge in [-0.05, 0) is 31.0 Å². The van der Waals surface area contributed by atoms with E-state index < -0.39 is 10.0 Å². The Morgan fingerprint density at radius 2 is 1.94 bits per heavy atom. The van der Waals surface area contributed by atoms with E-state index >= 15 is 0 Å². The number of nitrogens with one attached hydrogen (secondary N) is 2. The van der Waals surface area contributed by atoms with Crippen molar-refractivity contribution in [1.29, 1.82) is 0 Å². The smallest absolute Gasteiger partial charge is 0.250 e. The molecule has 0 saturated carbocycles. The second-order valence-corrected chi connectivity index (χ2v) is 8.72. The van der Waals surface area contributed by atoms with Gasteiger partial charge < -0.3 is 5.32 Å². The van der Waals surface area contributed by atoms with E-state index in [4.69, 9.17) is 0 Å². The molecule has 18 heavy (non-hydrogen) atoms. The van der Waals surface area contributed by atoms with Crippen LogP contribution in [-0.4, -0.2) is 22.0 Å². The minimum absolute atomic E-state index is 0.0623. The average molecular weight is 290 g/mol. The number of hydrogen-bond donors (Lipinski definition) is 2. The van der Waals surface area contributed by atoms with Crippen LogP contribution in [0, 0.1) is 12.3 Å². The highest BCUT2D eigenvalue weighted by atomic mass is 32.2. The molecule has 0 bridgehead atoms. The molecule has 104 valence electrons. The summed E-state index contributed by atoms with van der Waals surface area (Å²) in [7, 11) is -1.52. The van der Waals surface area contributed by atoms with E-state index in [1.54, 1.807) is 6.07 Å². The summed E-state index contributed by atoms with van der Waals surface area (Å²) in [6.45, 7) is 9.08. The van der Waals surface area contributed by atoms with Crippen molar-refractivity contribution < 1.29 is 8.42 Å². The lowest BCUT2D eigenvalue weighted by molar-refractivity contribution is 0.408. The first kappa shape index (κ1) is 15.6. The summed E-state index contributed by atoms with van der Waals surface area (Å²) in [6, 6.07) is 1.74. The molecule has 0 fully saturated rings. The summed E-state index contributed by atoms with van der Waals surface area (Å²) in [5.74, 6) is 0. The van der Waals surface area contributed by atoms with Gasteiger partial charge in [-0.25, -0.2) is 13.1 Å². The molecule has 0 saturated heterocycles. The van der Waals surface area contributed by atoms with Gasteiger partial charge in [0.2, 0.25) is 10.0 Å². The molecular weight excluding hydrogens is 268 g/mol. The van der Waals surface area contributed by atoms with Crippen LogP contribution in [0.3, 0.4) is 0 Å². The number of rotatable bonds is 5. The van der Waals surface area contributed by atoms with Crippen molar-refractivity contribution in [3.63, 3.8) is 0 Å². The molecule has 0 atom stereocenters. The number of sulfonamides is 1. The SMILES string of the molecule is CNCc1sc(S(=O)(=O)NCC(C)(C)C)cc1C. The third-order valence-corrected chi connectivity index (χ3v) is 5.50. The molecule has 0 radical (unpaired) electrons. The van der Waals surface area contributed by atoms with Gasteiger partial charge in [-0.2, -0.15) is 0 Å². The summed E-state index contributed by atoms with van der Waals surface area (Å²) in [6.07, 6.45) is 0. The van der Waals surface area contributed by atoms with Gasteiger partial charge in [0.1, 0.15) is 4.21 Å². The van der Waals surface area contributed by atoms with Crippen LogP contribution in [-0.2, 0) is 16.6 Å². The number of aryl methyl sites for hydroxylation is 1. The lowest BCUT2D eigenvalue weighted by atomic mass is 9.98. The second-order valence-electron chi connectivity index (χ2n) is 5.59. The molecule has 4 nitrogen and oxygen atoms in total. The van der Waals surface area contributed by atoms with Gasteiger partial charge in [0.15, 0.2) is 0 Å². The standard InChI is InChI=1S/C12H22N2O2S2/c1-9-6-11(17-10(9)7-13-5)18(15,16)14-8-12(2,3)4/h6,13-14H,7-8H2,1-5H3. The van der Waals surface area contributed by atoms with Gasteiger partial charge in [0, 0.05) is 18.0 Å². The summed E-state index contributed by atoms with van der Waals surface area (Å²) >= 11 is 1.33. The predicted octanol–water partition coefficient (Wildman–Crippen LogP) is 2.10. The van der Waals surface area contributed by atoms with E-state index in [0.717, 1.165) is 10.4 Å². The molecule has 0 aliphatic rings. The molecule has 1 aromatic heterocycles. The fourth-order valence-electron chi connectivity index (χ4n) is 1.34. The fourth-order valence-corrected chi connectivity index (χ4v) is 4.27. The Balaban J connectivity index is 2.88. The Bertz CT molecular complexity index is 499. The topological polar surface area (TPSA) is 58.2 Å². The van der Waals surface area contributed by atoms with Crippen molar-refractivity contribution in [3.05, 3.63) is 16.5 Å². The maximum atomic E-state index is 12.1. The van der Waals surface area contributed by atoms with Crippen LogP contribution in [0.2, 0.25) is 0 Å². The molecule has 0 amide bonds. The lowest BCUT2D eigenvalue weighted by Crippen LogP contribution is -2.31. The monoisotopic (exact) mass is 290 g/mol. The van der Waals surface area contributed by atoms with Crippen LogP contribution >= 0.6 is 11.3 Å². The van der Waals surface area contributed by atoms with Crippen molar-refractivity contribution >= 4 is 21.4 Å². The van der Waals surface area contributed by atoms with Crippen LogP contribution in [0.4, 0.5) is 0 Å². The van der Waals surface area contributed by atoms with Crippen molar-refractivity contribution in [1.82, 2.24) is 10.0 Å². The maximum Gasteiger partial charge on any atom is 0.250 e. The molecule has 0 aliphatic heterocycles. The van der Waals surface area contributed by atoms with Gasteiger partial charge in [0.05, 0.1) is 0 Å². The highest BCUT2D eigenvalue weighted by Crippen LogP contribution is 2.26. The maximum absolute atomic E-state index is 12.1. The molecule has 2 N–H and O–H groups in total. The zero-order valence-corrected chi connectivity index (χ0v) is 13.3. The summed E-state index contributed by atoms with van der Waals surface area (Å²) in [5, 5.41) is 3.04. The van der Waals surface area contributed by atoms with Crippen molar-refractivity contribution in [2.45, 2.75) is 38.4 Å². The zero-order valence-electron chi connectivity index (χ0n) is 11.6. The van der Waals surface area contributed by atoms with Crippen LogP contribution < -0.4 is 10.0 Å². The van der Waals surface area contributed by atoms with E-state index in [1.165, 1.54) is 11.3 Å². The van der Waals surface area contributed by atoms with E-state index in [2.05, 4.69) is 10.0 Å². The van der Waals surface area contributed by atoms with Gasteiger partial charge in [0.25, 0.3) is 0 Å². The Kier molecular flexibility index (Phi) is 4.94. The van der Waals surface area contributed by atoms with Gasteiger partial charge in [-0.1, -0.05) is 20.8 Å². The van der Waals surface area contributed by atoms with Crippen LogP contribution in [0.25, 0.3) is 0 Å². The minimum atomic E-state index is -3.37. The Hall–Kier alpha value is -0.430. The molecular formula is C12H22N2O2S2. The summed E-state index contributed by atoms with van der Waals surface area (Å²) in [4.78, 5) is 1.06. The Morgan fingerprint density at radius 1 is 1.33 bits per heavy atom. The van der Waals surface area contributed by atoms with E-state index in [9.17, 15) is 8.42 Å². The normalized spacial score (nSPS) is 12.9. The third kappa shape index (κ3) is 4.35. The first-order valence-corrected chi connectivity index (χ1v) is 8.19. The molecule has 0 spiro atoms. The lowest BCUT2D eigenvalue weighted by Gasteiger charge is -2.18. The zero-order chi connectivity index (χ0) is 14.0. The van der Waals surface area contributed by atoms with Crippen molar-refractivity contribution in [3.8, 4) is 0 Å². The van der Waals surface area contributed by atoms with Crippen molar-refractivity contribution in [2.75, 3.05) is 13.6 Å². The summed E-state index contributed by atoms with van der Waals surface area (Å²) < 4.78 is 27.3. The molecule has 6 heteroatoms. The molecule has 1 rings (SSSR count). The van der Waals surface area contributed by atoms with E-state index in [0.29, 0.717) is 17.3 Å². The Morgan fingerprint density at radius 3 is 2.44 bits per heavy atom. The predicted molar refractivity (Wildman–Crippen MR) is 76.5 cm³/mol. The number of thiophene rings is 1. The van der Waals surface area contributed by atoms with Crippen LogP contribution in [0.15, 0.2) is 10.3 Å². The first-order valence-electron chi connectivity index (χ1n) is 5.89. The quantitative estimate of drug-likeness (QED) is 0.873. The van der Waals surface area contributed by atoms with Gasteiger partial charge in [-0.3, -0.25) is 0 Å². The van der Waals surface area contributed by atoms with Gasteiger partial charge in [-0.15, -0.1) is 11.3 Å². The molecule has 0 aliphatic carbocycles. The number of hydrogen-bond acceptors (Lipinski definition) is 4. The van der Waals surface area contributed by atoms with Crippen LogP contribution in [0.1, 0.15) is 31.2 Å².